The van der Waals surface area contributed by atoms with E-state index in [0.29, 0.717) is 29.4 Å². The fraction of sp³-hybridized carbons (Fsp3) is 0.231. The number of hydrogen-bond donors (Lipinski definition) is 1. The molecule has 0 saturated heterocycles. The monoisotopic (exact) mass is 495 g/mol. The molecule has 0 saturated carbocycles. The molecule has 3 rings (SSSR count). The Labute approximate surface area is 206 Å². The molecule has 9 heteroatoms. The summed E-state index contributed by atoms with van der Waals surface area (Å²) in [6.45, 7) is 3.71. The van der Waals surface area contributed by atoms with Crippen LogP contribution in [0.1, 0.15) is 22.3 Å². The van der Waals surface area contributed by atoms with Gasteiger partial charge >= 0.3 is 0 Å². The molecule has 0 aliphatic carbocycles. The van der Waals surface area contributed by atoms with Gasteiger partial charge in [-0.1, -0.05) is 42.5 Å². The zero-order valence-corrected chi connectivity index (χ0v) is 21.0. The largest absolute Gasteiger partial charge is 0.493 e. The van der Waals surface area contributed by atoms with E-state index < -0.39 is 22.5 Å². The molecule has 0 aliphatic heterocycles. The second-order valence-electron chi connectivity index (χ2n) is 7.97. The van der Waals surface area contributed by atoms with E-state index in [9.17, 15) is 13.2 Å². The molecule has 0 aliphatic rings. The minimum absolute atomic E-state index is 0.393. The number of anilines is 1. The number of sulfonamides is 1. The van der Waals surface area contributed by atoms with Crippen molar-refractivity contribution in [1.29, 1.82) is 0 Å². The Morgan fingerprint density at radius 2 is 1.77 bits per heavy atom. The number of rotatable bonds is 10. The molecule has 3 aromatic carbocycles. The van der Waals surface area contributed by atoms with E-state index in [1.165, 1.54) is 6.21 Å². The Balaban J connectivity index is 1.65. The van der Waals surface area contributed by atoms with Crippen molar-refractivity contribution in [1.82, 2.24) is 5.43 Å². The zero-order chi connectivity index (χ0) is 25.4. The van der Waals surface area contributed by atoms with Crippen molar-refractivity contribution >= 4 is 27.8 Å². The number of hydrazone groups is 1. The van der Waals surface area contributed by atoms with E-state index in [1.54, 1.807) is 37.4 Å². The second-order valence-corrected chi connectivity index (χ2v) is 9.87. The maximum atomic E-state index is 12.5. The molecule has 3 aromatic rings. The maximum absolute atomic E-state index is 12.5. The summed E-state index contributed by atoms with van der Waals surface area (Å²) in [5.41, 5.74) is 6.27. The van der Waals surface area contributed by atoms with Crippen LogP contribution in [0.15, 0.2) is 71.8 Å². The average Bonchev–Trinajstić information content (AvgIpc) is 2.83. The Bertz CT molecular complexity index is 1310. The highest BCUT2D eigenvalue weighted by atomic mass is 32.2. The molecule has 1 N–H and O–H groups in total. The van der Waals surface area contributed by atoms with E-state index in [1.807, 2.05) is 50.2 Å². The topological polar surface area (TPSA) is 97.3 Å². The number of amides is 1. The summed E-state index contributed by atoms with van der Waals surface area (Å²) in [5.74, 6) is 0.534. The number of nitrogens with zero attached hydrogens (tertiary/aromatic N) is 2. The lowest BCUT2D eigenvalue weighted by Crippen LogP contribution is -2.39. The van der Waals surface area contributed by atoms with Gasteiger partial charge in [0.1, 0.15) is 13.2 Å². The number of methoxy groups -OCH3 is 1. The first-order chi connectivity index (χ1) is 16.7. The van der Waals surface area contributed by atoms with Crippen LogP contribution in [0.4, 0.5) is 5.69 Å². The molecule has 0 spiro atoms. The summed E-state index contributed by atoms with van der Waals surface area (Å²) in [5, 5.41) is 3.97. The minimum Gasteiger partial charge on any atom is -0.493 e. The van der Waals surface area contributed by atoms with Crippen LogP contribution in [0.2, 0.25) is 0 Å². The highest BCUT2D eigenvalue weighted by Gasteiger charge is 2.22. The predicted molar refractivity (Wildman–Crippen MR) is 138 cm³/mol. The van der Waals surface area contributed by atoms with E-state index in [4.69, 9.17) is 9.47 Å². The second kappa shape index (κ2) is 11.5. The van der Waals surface area contributed by atoms with Crippen LogP contribution in [-0.2, 0) is 21.4 Å². The fourth-order valence-corrected chi connectivity index (χ4v) is 4.26. The van der Waals surface area contributed by atoms with Crippen molar-refractivity contribution in [3.63, 3.8) is 0 Å². The van der Waals surface area contributed by atoms with Crippen LogP contribution < -0.4 is 19.2 Å². The van der Waals surface area contributed by atoms with Gasteiger partial charge in [-0.2, -0.15) is 5.10 Å². The Morgan fingerprint density at radius 1 is 1.03 bits per heavy atom. The van der Waals surface area contributed by atoms with Gasteiger partial charge in [0, 0.05) is 0 Å². The van der Waals surface area contributed by atoms with Crippen LogP contribution in [0.5, 0.6) is 11.5 Å². The Kier molecular flexibility index (Phi) is 8.48. The SMILES string of the molecule is COc1cc(/C=N\NC(=O)CN(c2cccc(C)c2C)S(C)(=O)=O)ccc1OCc1ccccc1. The maximum Gasteiger partial charge on any atom is 0.260 e. The van der Waals surface area contributed by atoms with Gasteiger partial charge in [0.2, 0.25) is 10.0 Å². The fourth-order valence-electron chi connectivity index (χ4n) is 3.35. The van der Waals surface area contributed by atoms with E-state index >= 15 is 0 Å². The molecular weight excluding hydrogens is 466 g/mol. The molecule has 0 aromatic heterocycles. The highest BCUT2D eigenvalue weighted by Crippen LogP contribution is 2.28. The normalized spacial score (nSPS) is 11.3. The standard InChI is InChI=1S/C26H29N3O5S/c1-19-9-8-12-23(20(19)2)29(35(4,31)32)17-26(30)28-27-16-22-13-14-24(25(15-22)33-3)34-18-21-10-6-5-7-11-21/h5-16H,17-18H2,1-4H3,(H,28,30)/b27-16-. The van der Waals surface area contributed by atoms with E-state index in [-0.39, 0.29) is 0 Å². The van der Waals surface area contributed by atoms with Gasteiger partial charge in [-0.15, -0.1) is 0 Å². The number of aryl methyl sites for hydroxylation is 1. The summed E-state index contributed by atoms with van der Waals surface area (Å²) < 4.78 is 37.0. The average molecular weight is 496 g/mol. The van der Waals surface area contributed by atoms with Gasteiger partial charge in [0.25, 0.3) is 5.91 Å². The lowest BCUT2D eigenvalue weighted by molar-refractivity contribution is -0.119. The van der Waals surface area contributed by atoms with Crippen molar-refractivity contribution in [2.75, 3.05) is 24.2 Å². The molecule has 8 nitrogen and oxygen atoms in total. The first-order valence-electron chi connectivity index (χ1n) is 10.9. The number of carbonyl (C=O) groups excluding carboxylic acids is 1. The van der Waals surface area contributed by atoms with Crippen LogP contribution in [0, 0.1) is 13.8 Å². The van der Waals surface area contributed by atoms with Gasteiger partial charge < -0.3 is 9.47 Å². The van der Waals surface area contributed by atoms with Gasteiger partial charge in [-0.05, 0) is 60.4 Å². The van der Waals surface area contributed by atoms with Gasteiger partial charge in [-0.25, -0.2) is 13.8 Å². The third kappa shape index (κ3) is 7.07. The number of carbonyl (C=O) groups is 1. The smallest absolute Gasteiger partial charge is 0.260 e. The zero-order valence-electron chi connectivity index (χ0n) is 20.2. The van der Waals surface area contributed by atoms with Crippen LogP contribution in [0.3, 0.4) is 0 Å². The van der Waals surface area contributed by atoms with Crippen molar-refractivity contribution in [2.24, 2.45) is 5.10 Å². The quantitative estimate of drug-likeness (QED) is 0.341. The van der Waals surface area contributed by atoms with Crippen molar-refractivity contribution in [3.05, 3.63) is 89.0 Å². The highest BCUT2D eigenvalue weighted by molar-refractivity contribution is 7.92. The molecule has 0 heterocycles. The number of benzene rings is 3. The van der Waals surface area contributed by atoms with Crippen LogP contribution in [-0.4, -0.2) is 40.4 Å². The third-order valence-electron chi connectivity index (χ3n) is 5.36. The van der Waals surface area contributed by atoms with Crippen LogP contribution in [0.25, 0.3) is 0 Å². The molecule has 0 radical (unpaired) electrons. The van der Waals surface area contributed by atoms with Crippen molar-refractivity contribution < 1.29 is 22.7 Å². The molecular formula is C26H29N3O5S. The minimum atomic E-state index is -3.68. The van der Waals surface area contributed by atoms with Gasteiger partial charge in [-0.3, -0.25) is 9.10 Å². The van der Waals surface area contributed by atoms with Gasteiger partial charge in [0.15, 0.2) is 11.5 Å². The predicted octanol–water partition coefficient (Wildman–Crippen LogP) is 3.81. The summed E-state index contributed by atoms with van der Waals surface area (Å²) in [7, 11) is -2.14. The summed E-state index contributed by atoms with van der Waals surface area (Å²) >= 11 is 0. The lowest BCUT2D eigenvalue weighted by atomic mass is 10.1. The molecule has 0 unspecified atom stereocenters. The molecule has 0 atom stereocenters. The van der Waals surface area contributed by atoms with E-state index in [2.05, 4.69) is 10.5 Å². The molecule has 0 fully saturated rings. The van der Waals surface area contributed by atoms with Crippen LogP contribution >= 0.6 is 0 Å². The summed E-state index contributed by atoms with van der Waals surface area (Å²) in [4.78, 5) is 12.5. The number of hydrogen-bond acceptors (Lipinski definition) is 6. The van der Waals surface area contributed by atoms with E-state index in [0.717, 1.165) is 27.3 Å². The molecule has 35 heavy (non-hydrogen) atoms. The molecule has 184 valence electrons. The van der Waals surface area contributed by atoms with Gasteiger partial charge in [0.05, 0.1) is 25.3 Å². The number of nitrogens with one attached hydrogen (secondary N) is 1. The number of ether oxygens (including phenoxy) is 2. The molecule has 0 bridgehead atoms. The van der Waals surface area contributed by atoms with Crippen molar-refractivity contribution in [2.45, 2.75) is 20.5 Å². The third-order valence-corrected chi connectivity index (χ3v) is 6.49. The Morgan fingerprint density at radius 3 is 2.46 bits per heavy atom. The molecule has 1 amide bonds. The Hall–Kier alpha value is -3.85. The lowest BCUT2D eigenvalue weighted by Gasteiger charge is -2.23. The first kappa shape index (κ1) is 25.8. The summed E-state index contributed by atoms with van der Waals surface area (Å²) in [6.07, 6.45) is 2.52. The summed E-state index contributed by atoms with van der Waals surface area (Å²) in [6, 6.07) is 20.4. The first-order valence-corrected chi connectivity index (χ1v) is 12.7. The van der Waals surface area contributed by atoms with Crippen molar-refractivity contribution in [3.8, 4) is 11.5 Å².